The molecule has 18 heavy (non-hydrogen) atoms. The first-order valence-electron chi connectivity index (χ1n) is 6.48. The maximum absolute atomic E-state index is 5.58. The van der Waals surface area contributed by atoms with Gasteiger partial charge < -0.3 is 15.4 Å². The monoisotopic (exact) mass is 250 g/mol. The van der Waals surface area contributed by atoms with Gasteiger partial charge in [-0.15, -0.1) is 0 Å². The quantitative estimate of drug-likeness (QED) is 0.863. The molecule has 5 nitrogen and oxygen atoms in total. The number of ether oxygens (including phenoxy) is 1. The highest BCUT2D eigenvalue weighted by molar-refractivity contribution is 5.31. The lowest BCUT2D eigenvalue weighted by Crippen LogP contribution is -2.48. The van der Waals surface area contributed by atoms with Crippen molar-refractivity contribution in [2.75, 3.05) is 31.6 Å². The Morgan fingerprint density at radius 3 is 2.78 bits per heavy atom. The van der Waals surface area contributed by atoms with Gasteiger partial charge in [-0.1, -0.05) is 0 Å². The van der Waals surface area contributed by atoms with Gasteiger partial charge in [0.1, 0.15) is 0 Å². The first kappa shape index (κ1) is 13.2. The molecule has 0 aromatic carbocycles. The highest BCUT2D eigenvalue weighted by Gasteiger charge is 2.31. The van der Waals surface area contributed by atoms with E-state index in [9.17, 15) is 0 Å². The SMILES string of the molecule is COC1(C)CCCN(c2ncc(CCN)cn2)C1. The number of piperidine rings is 1. The van der Waals surface area contributed by atoms with E-state index in [1.165, 1.54) is 0 Å². The van der Waals surface area contributed by atoms with Gasteiger partial charge >= 0.3 is 0 Å². The molecule has 1 fully saturated rings. The topological polar surface area (TPSA) is 64.3 Å². The van der Waals surface area contributed by atoms with Crippen molar-refractivity contribution < 1.29 is 4.74 Å². The Kier molecular flexibility index (Phi) is 4.14. The molecule has 2 N–H and O–H groups in total. The van der Waals surface area contributed by atoms with Crippen LogP contribution in [0, 0.1) is 0 Å². The Balaban J connectivity index is 2.06. The largest absolute Gasteiger partial charge is 0.377 e. The van der Waals surface area contributed by atoms with Gasteiger partial charge in [-0.25, -0.2) is 9.97 Å². The molecule has 5 heteroatoms. The second kappa shape index (κ2) is 5.63. The van der Waals surface area contributed by atoms with Crippen LogP contribution in [-0.4, -0.2) is 42.3 Å². The summed E-state index contributed by atoms with van der Waals surface area (Å²) in [6.45, 7) is 4.62. The van der Waals surface area contributed by atoms with Crippen LogP contribution in [0.3, 0.4) is 0 Å². The van der Waals surface area contributed by atoms with E-state index in [1.54, 1.807) is 7.11 Å². The summed E-state index contributed by atoms with van der Waals surface area (Å²) in [5.74, 6) is 0.791. The van der Waals surface area contributed by atoms with Crippen molar-refractivity contribution in [2.24, 2.45) is 5.73 Å². The lowest BCUT2D eigenvalue weighted by Gasteiger charge is -2.39. The van der Waals surface area contributed by atoms with Crippen LogP contribution in [0.2, 0.25) is 0 Å². The van der Waals surface area contributed by atoms with Crippen LogP contribution in [-0.2, 0) is 11.2 Å². The fourth-order valence-electron chi connectivity index (χ4n) is 2.35. The average Bonchev–Trinajstić information content (AvgIpc) is 2.40. The van der Waals surface area contributed by atoms with E-state index in [0.29, 0.717) is 6.54 Å². The first-order valence-corrected chi connectivity index (χ1v) is 6.48. The van der Waals surface area contributed by atoms with Crippen molar-refractivity contribution in [2.45, 2.75) is 31.8 Å². The zero-order valence-corrected chi connectivity index (χ0v) is 11.2. The number of hydrogen-bond donors (Lipinski definition) is 1. The van der Waals surface area contributed by atoms with E-state index in [4.69, 9.17) is 10.5 Å². The van der Waals surface area contributed by atoms with Gasteiger partial charge in [0.05, 0.1) is 5.60 Å². The molecule has 2 rings (SSSR count). The second-order valence-corrected chi connectivity index (χ2v) is 5.11. The van der Waals surface area contributed by atoms with Crippen LogP contribution in [0.4, 0.5) is 5.95 Å². The van der Waals surface area contributed by atoms with Crippen molar-refractivity contribution in [1.29, 1.82) is 0 Å². The predicted octanol–water partition coefficient (Wildman–Crippen LogP) is 0.983. The molecule has 1 saturated heterocycles. The van der Waals surface area contributed by atoms with Gasteiger partial charge in [0.15, 0.2) is 0 Å². The van der Waals surface area contributed by atoms with Crippen LogP contribution in [0.5, 0.6) is 0 Å². The molecule has 0 aliphatic carbocycles. The molecule has 1 aromatic rings. The fourth-order valence-corrected chi connectivity index (χ4v) is 2.35. The summed E-state index contributed by atoms with van der Waals surface area (Å²) in [7, 11) is 1.77. The van der Waals surface area contributed by atoms with Crippen LogP contribution in [0.25, 0.3) is 0 Å². The van der Waals surface area contributed by atoms with E-state index in [-0.39, 0.29) is 5.60 Å². The normalized spacial score (nSPS) is 24.3. The van der Waals surface area contributed by atoms with Crippen molar-refractivity contribution >= 4 is 5.95 Å². The highest BCUT2D eigenvalue weighted by Crippen LogP contribution is 2.25. The zero-order chi connectivity index (χ0) is 13.0. The molecule has 0 radical (unpaired) electrons. The zero-order valence-electron chi connectivity index (χ0n) is 11.2. The van der Waals surface area contributed by atoms with Crippen molar-refractivity contribution in [1.82, 2.24) is 9.97 Å². The number of aromatic nitrogens is 2. The number of anilines is 1. The van der Waals surface area contributed by atoms with Gasteiger partial charge in [-0.2, -0.15) is 0 Å². The molecule has 1 aliphatic rings. The van der Waals surface area contributed by atoms with Crippen molar-refractivity contribution in [3.05, 3.63) is 18.0 Å². The molecular weight excluding hydrogens is 228 g/mol. The van der Waals surface area contributed by atoms with Gasteiger partial charge in [-0.05, 0) is 38.3 Å². The molecule has 1 aliphatic heterocycles. The molecular formula is C13H22N4O. The molecule has 1 aromatic heterocycles. The van der Waals surface area contributed by atoms with Gasteiger partial charge in [-0.3, -0.25) is 0 Å². The fraction of sp³-hybridized carbons (Fsp3) is 0.692. The lowest BCUT2D eigenvalue weighted by atomic mass is 9.95. The van der Waals surface area contributed by atoms with E-state index in [0.717, 1.165) is 43.9 Å². The molecule has 0 saturated carbocycles. The van der Waals surface area contributed by atoms with Crippen molar-refractivity contribution in [3.63, 3.8) is 0 Å². The van der Waals surface area contributed by atoms with Gasteiger partial charge in [0.2, 0.25) is 5.95 Å². The third-order valence-corrected chi connectivity index (χ3v) is 3.56. The summed E-state index contributed by atoms with van der Waals surface area (Å²) in [5, 5.41) is 0. The standard InChI is InChI=1S/C13H22N4O/c1-13(18-2)5-3-7-17(10-13)12-15-8-11(4-6-14)9-16-12/h8-9H,3-7,10,14H2,1-2H3. The van der Waals surface area contributed by atoms with Crippen LogP contribution < -0.4 is 10.6 Å². The van der Waals surface area contributed by atoms with Crippen LogP contribution in [0.15, 0.2) is 12.4 Å². The maximum atomic E-state index is 5.58. The summed E-state index contributed by atoms with van der Waals surface area (Å²) in [4.78, 5) is 11.0. The van der Waals surface area contributed by atoms with E-state index < -0.39 is 0 Å². The number of hydrogen-bond acceptors (Lipinski definition) is 5. The second-order valence-electron chi connectivity index (χ2n) is 5.11. The highest BCUT2D eigenvalue weighted by atomic mass is 16.5. The van der Waals surface area contributed by atoms with Crippen molar-refractivity contribution in [3.8, 4) is 0 Å². The average molecular weight is 250 g/mol. The molecule has 2 heterocycles. The minimum Gasteiger partial charge on any atom is -0.377 e. The Morgan fingerprint density at radius 1 is 1.44 bits per heavy atom. The minimum atomic E-state index is -0.0858. The number of nitrogens with two attached hydrogens (primary N) is 1. The molecule has 1 atom stereocenters. The molecule has 0 amide bonds. The third kappa shape index (κ3) is 2.97. The van der Waals surface area contributed by atoms with Crippen LogP contribution >= 0.6 is 0 Å². The van der Waals surface area contributed by atoms with E-state index in [1.807, 2.05) is 12.4 Å². The van der Waals surface area contributed by atoms with Gasteiger partial charge in [0, 0.05) is 32.6 Å². The lowest BCUT2D eigenvalue weighted by molar-refractivity contribution is -0.00498. The van der Waals surface area contributed by atoms with E-state index >= 15 is 0 Å². The Morgan fingerprint density at radius 2 is 2.17 bits per heavy atom. The first-order chi connectivity index (χ1) is 8.67. The number of rotatable bonds is 4. The Hall–Kier alpha value is -1.20. The maximum Gasteiger partial charge on any atom is 0.225 e. The summed E-state index contributed by atoms with van der Waals surface area (Å²) < 4.78 is 5.58. The molecule has 100 valence electrons. The number of methoxy groups -OCH3 is 1. The third-order valence-electron chi connectivity index (χ3n) is 3.56. The van der Waals surface area contributed by atoms with E-state index in [2.05, 4.69) is 21.8 Å². The summed E-state index contributed by atoms with van der Waals surface area (Å²) in [5.41, 5.74) is 6.52. The molecule has 0 bridgehead atoms. The summed E-state index contributed by atoms with van der Waals surface area (Å²) in [6.07, 6.45) is 6.77. The Labute approximate surface area is 108 Å². The molecule has 0 spiro atoms. The minimum absolute atomic E-state index is 0.0858. The van der Waals surface area contributed by atoms with Crippen LogP contribution in [0.1, 0.15) is 25.3 Å². The van der Waals surface area contributed by atoms with Gasteiger partial charge in [0.25, 0.3) is 0 Å². The predicted molar refractivity (Wildman–Crippen MR) is 71.7 cm³/mol. The summed E-state index contributed by atoms with van der Waals surface area (Å²) in [6, 6.07) is 0. The smallest absolute Gasteiger partial charge is 0.225 e. The molecule has 1 unspecified atom stereocenters. The Bertz CT molecular complexity index is 381. The summed E-state index contributed by atoms with van der Waals surface area (Å²) >= 11 is 0. The number of nitrogens with zero attached hydrogens (tertiary/aromatic N) is 3.